The van der Waals surface area contributed by atoms with Gasteiger partial charge in [0.2, 0.25) is 0 Å². The molecular formula is C60H106O7. The molecule has 0 aromatic heterocycles. The lowest BCUT2D eigenvalue weighted by Gasteiger charge is -2.58. The van der Waals surface area contributed by atoms with Crippen LogP contribution in [0, 0.1) is 52.3 Å². The SMILES string of the molecule is CCCCCCCCCCCCCCCCCCCCCCCCCC(=O)OCC1OC(OC2CCC3(C)C(=CCC4C3CCC3(C)C(C(C)/C=C/C(C)C(C)C)CCC43)C2)C(O)C(O)C1O. The fourth-order valence-corrected chi connectivity index (χ4v) is 14.0. The summed E-state index contributed by atoms with van der Waals surface area (Å²) in [6, 6.07) is 0. The van der Waals surface area contributed by atoms with Crippen molar-refractivity contribution >= 4 is 5.97 Å². The molecule has 3 saturated carbocycles. The second-order valence-corrected chi connectivity index (χ2v) is 24.1. The minimum absolute atomic E-state index is 0.148. The molecule has 4 fully saturated rings. The van der Waals surface area contributed by atoms with Gasteiger partial charge < -0.3 is 29.5 Å². The zero-order valence-corrected chi connectivity index (χ0v) is 44.5. The van der Waals surface area contributed by atoms with Gasteiger partial charge in [-0.1, -0.05) is 214 Å². The molecule has 3 N–H and O–H groups in total. The van der Waals surface area contributed by atoms with Crippen molar-refractivity contribution in [3.05, 3.63) is 23.8 Å². The number of aliphatic hydroxyl groups excluding tert-OH is 3. The zero-order valence-electron chi connectivity index (χ0n) is 44.5. The largest absolute Gasteiger partial charge is 0.463 e. The number of rotatable bonds is 32. The first kappa shape index (κ1) is 56.7. The number of hydrogen-bond acceptors (Lipinski definition) is 7. The van der Waals surface area contributed by atoms with E-state index in [-0.39, 0.29) is 24.1 Å². The molecule has 14 unspecified atom stereocenters. The van der Waals surface area contributed by atoms with Crippen molar-refractivity contribution in [3.63, 3.8) is 0 Å². The zero-order chi connectivity index (χ0) is 48.2. The Balaban J connectivity index is 0.912. The van der Waals surface area contributed by atoms with E-state index in [1.165, 1.54) is 160 Å². The van der Waals surface area contributed by atoms with Crippen LogP contribution < -0.4 is 0 Å². The van der Waals surface area contributed by atoms with Crippen LogP contribution in [0.25, 0.3) is 0 Å². The summed E-state index contributed by atoms with van der Waals surface area (Å²) in [5.41, 5.74) is 2.05. The average Bonchev–Trinajstić information content (AvgIpc) is 3.68. The van der Waals surface area contributed by atoms with Crippen LogP contribution in [-0.4, -0.2) is 64.7 Å². The van der Waals surface area contributed by atoms with Crippen molar-refractivity contribution in [1.82, 2.24) is 0 Å². The molecule has 67 heavy (non-hydrogen) atoms. The summed E-state index contributed by atoms with van der Waals surface area (Å²) in [4.78, 5) is 12.7. The van der Waals surface area contributed by atoms with Crippen LogP contribution in [0.4, 0.5) is 0 Å². The fraction of sp³-hybridized carbons (Fsp3) is 0.917. The van der Waals surface area contributed by atoms with Crippen molar-refractivity contribution < 1.29 is 34.3 Å². The number of carbonyl (C=O) groups is 1. The smallest absolute Gasteiger partial charge is 0.305 e. The molecule has 0 amide bonds. The molecule has 1 aliphatic heterocycles. The average molecular weight is 940 g/mol. The first-order valence-corrected chi connectivity index (χ1v) is 29.2. The highest BCUT2D eigenvalue weighted by atomic mass is 16.7. The van der Waals surface area contributed by atoms with Crippen LogP contribution in [0.3, 0.4) is 0 Å². The Kier molecular flexibility index (Phi) is 24.8. The lowest BCUT2D eigenvalue weighted by molar-refractivity contribution is -0.313. The van der Waals surface area contributed by atoms with Gasteiger partial charge in [0.25, 0.3) is 0 Å². The summed E-state index contributed by atoms with van der Waals surface area (Å²) >= 11 is 0. The minimum atomic E-state index is -1.45. The van der Waals surface area contributed by atoms with E-state index in [1.807, 2.05) is 0 Å². The summed E-state index contributed by atoms with van der Waals surface area (Å²) in [6.07, 6.45) is 41.4. The van der Waals surface area contributed by atoms with Crippen molar-refractivity contribution in [2.24, 2.45) is 52.3 Å². The summed E-state index contributed by atoms with van der Waals surface area (Å²) < 4.78 is 18.1. The maximum absolute atomic E-state index is 12.7. The first-order chi connectivity index (χ1) is 32.3. The Hall–Kier alpha value is -1.25. The van der Waals surface area contributed by atoms with E-state index in [4.69, 9.17) is 14.2 Å². The van der Waals surface area contributed by atoms with E-state index in [9.17, 15) is 20.1 Å². The van der Waals surface area contributed by atoms with Gasteiger partial charge in [0.05, 0.1) is 6.10 Å². The summed E-state index contributed by atoms with van der Waals surface area (Å²) in [6.45, 7) is 16.7. The van der Waals surface area contributed by atoms with Gasteiger partial charge in [0.15, 0.2) is 6.29 Å². The summed E-state index contributed by atoms with van der Waals surface area (Å²) in [5.74, 6) is 4.56. The van der Waals surface area contributed by atoms with Crippen LogP contribution in [0.1, 0.15) is 254 Å². The third-order valence-corrected chi connectivity index (χ3v) is 18.9. The van der Waals surface area contributed by atoms with E-state index < -0.39 is 30.7 Å². The van der Waals surface area contributed by atoms with Gasteiger partial charge in [-0.3, -0.25) is 4.79 Å². The minimum Gasteiger partial charge on any atom is -0.463 e. The molecule has 7 nitrogen and oxygen atoms in total. The predicted molar refractivity (Wildman–Crippen MR) is 276 cm³/mol. The number of aliphatic hydroxyl groups is 3. The number of unbranched alkanes of at least 4 members (excludes halogenated alkanes) is 22. The molecular weight excluding hydrogens is 833 g/mol. The number of allylic oxidation sites excluding steroid dienone is 3. The van der Waals surface area contributed by atoms with E-state index in [0.717, 1.165) is 62.7 Å². The molecule has 0 aromatic rings. The third-order valence-electron chi connectivity index (χ3n) is 18.9. The molecule has 5 rings (SSSR count). The third kappa shape index (κ3) is 16.6. The second kappa shape index (κ2) is 29.3. The number of hydrogen-bond donors (Lipinski definition) is 3. The number of carbonyl (C=O) groups excluding carboxylic acids is 1. The Labute approximate surface area is 412 Å². The van der Waals surface area contributed by atoms with E-state index in [0.29, 0.717) is 35.5 Å². The first-order valence-electron chi connectivity index (χ1n) is 29.2. The van der Waals surface area contributed by atoms with Gasteiger partial charge in [-0.05, 0) is 110 Å². The predicted octanol–water partition coefficient (Wildman–Crippen LogP) is 15.2. The Bertz CT molecular complexity index is 1440. The van der Waals surface area contributed by atoms with Gasteiger partial charge in [-0.2, -0.15) is 0 Å². The monoisotopic (exact) mass is 939 g/mol. The Morgan fingerprint density at radius 1 is 0.687 bits per heavy atom. The lowest BCUT2D eigenvalue weighted by Crippen LogP contribution is -2.60. The van der Waals surface area contributed by atoms with Gasteiger partial charge in [0, 0.05) is 6.42 Å². The van der Waals surface area contributed by atoms with Gasteiger partial charge in [-0.15, -0.1) is 0 Å². The molecule has 1 saturated heterocycles. The molecule has 0 bridgehead atoms. The van der Waals surface area contributed by atoms with Crippen molar-refractivity contribution in [1.29, 1.82) is 0 Å². The number of ether oxygens (including phenoxy) is 3. The van der Waals surface area contributed by atoms with Crippen LogP contribution in [-0.2, 0) is 19.0 Å². The van der Waals surface area contributed by atoms with E-state index >= 15 is 0 Å². The highest BCUT2D eigenvalue weighted by molar-refractivity contribution is 5.69. The molecule has 5 aliphatic rings. The number of fused-ring (bicyclic) bond motifs is 5. The van der Waals surface area contributed by atoms with Crippen molar-refractivity contribution in [2.45, 2.75) is 291 Å². The van der Waals surface area contributed by atoms with Gasteiger partial charge in [-0.25, -0.2) is 0 Å². The van der Waals surface area contributed by atoms with Crippen LogP contribution in [0.15, 0.2) is 23.8 Å². The molecule has 0 aromatic carbocycles. The topological polar surface area (TPSA) is 105 Å². The molecule has 1 heterocycles. The number of esters is 1. The lowest BCUT2D eigenvalue weighted by atomic mass is 9.47. The second-order valence-electron chi connectivity index (χ2n) is 24.1. The maximum Gasteiger partial charge on any atom is 0.305 e. The quantitative estimate of drug-likeness (QED) is 0.0350. The molecule has 0 radical (unpaired) electrons. The molecule has 14 atom stereocenters. The van der Waals surface area contributed by atoms with Crippen LogP contribution in [0.5, 0.6) is 0 Å². The van der Waals surface area contributed by atoms with E-state index in [2.05, 4.69) is 66.7 Å². The van der Waals surface area contributed by atoms with Gasteiger partial charge >= 0.3 is 5.97 Å². The highest BCUT2D eigenvalue weighted by Gasteiger charge is 2.59. The van der Waals surface area contributed by atoms with E-state index in [1.54, 1.807) is 0 Å². The molecule has 4 aliphatic carbocycles. The molecule has 7 heteroatoms. The maximum atomic E-state index is 12.7. The Morgan fingerprint density at radius 3 is 1.79 bits per heavy atom. The van der Waals surface area contributed by atoms with Crippen molar-refractivity contribution in [3.8, 4) is 0 Å². The Morgan fingerprint density at radius 2 is 1.24 bits per heavy atom. The standard InChI is InChI=1S/C60H106O7/c1-8-9-10-11-12-13-14-15-16-17-18-19-20-21-22-23-24-25-26-27-28-29-30-31-54(61)65-43-53-55(62)56(63)57(64)58(67-53)66-48-38-40-59(6)47(42-48)34-35-49-51-37-36-50(60(51,7)41-39-52(49)59)46(5)33-32-45(4)44(2)3/h32-34,44-46,48-53,55-58,62-64H,8-31,35-43H2,1-7H3/b33-32+. The van der Waals surface area contributed by atoms with Crippen LogP contribution in [0.2, 0.25) is 0 Å². The molecule has 0 spiro atoms. The summed E-state index contributed by atoms with van der Waals surface area (Å²) in [5, 5.41) is 32.6. The summed E-state index contributed by atoms with van der Waals surface area (Å²) in [7, 11) is 0. The van der Waals surface area contributed by atoms with Crippen LogP contribution >= 0.6 is 0 Å². The fourth-order valence-electron chi connectivity index (χ4n) is 14.0. The normalized spacial score (nSPS) is 33.9. The highest BCUT2D eigenvalue weighted by Crippen LogP contribution is 2.67. The molecule has 388 valence electrons. The van der Waals surface area contributed by atoms with Crippen molar-refractivity contribution in [2.75, 3.05) is 6.61 Å². The van der Waals surface area contributed by atoms with Gasteiger partial charge in [0.1, 0.15) is 31.0 Å².